The number of ether oxygens (including phenoxy) is 3. The van der Waals surface area contributed by atoms with Crippen molar-refractivity contribution < 1.29 is 32.2 Å². The van der Waals surface area contributed by atoms with Crippen LogP contribution in [-0.2, 0) is 25.2 Å². The van der Waals surface area contributed by atoms with E-state index in [0.717, 1.165) is 6.42 Å². The number of hydrogen-bond acceptors (Lipinski definition) is 7. The quantitative estimate of drug-likeness (QED) is 0.801. The van der Waals surface area contributed by atoms with Gasteiger partial charge in [-0.2, -0.15) is 13.2 Å². The van der Waals surface area contributed by atoms with Gasteiger partial charge in [0.1, 0.15) is 24.1 Å². The molecule has 0 radical (unpaired) electrons. The second-order valence-corrected chi connectivity index (χ2v) is 7.92. The fourth-order valence-electron chi connectivity index (χ4n) is 3.99. The van der Waals surface area contributed by atoms with E-state index in [2.05, 4.69) is 15.3 Å². The van der Waals surface area contributed by atoms with Gasteiger partial charge in [-0.1, -0.05) is 0 Å². The summed E-state index contributed by atoms with van der Waals surface area (Å²) in [7, 11) is 0. The lowest BCUT2D eigenvalue weighted by Crippen LogP contribution is -2.57. The summed E-state index contributed by atoms with van der Waals surface area (Å²) in [5.41, 5.74) is -1.08. The number of rotatable bonds is 4. The van der Waals surface area contributed by atoms with Gasteiger partial charge in [-0.05, 0) is 20.3 Å². The number of alkyl halides is 3. The van der Waals surface area contributed by atoms with Crippen molar-refractivity contribution in [2.24, 2.45) is 0 Å². The first-order valence-electron chi connectivity index (χ1n) is 9.53. The highest BCUT2D eigenvalue weighted by atomic mass is 19.4. The van der Waals surface area contributed by atoms with E-state index in [1.54, 1.807) is 18.7 Å². The van der Waals surface area contributed by atoms with Gasteiger partial charge in [-0.25, -0.2) is 4.98 Å². The van der Waals surface area contributed by atoms with E-state index in [1.807, 2.05) is 0 Å². The Hall–Kier alpha value is -1.98. The molecule has 0 saturated carbocycles. The standard InChI is InChI=1S/C18H23F3N4O4/c1-17(2)28-15-10(23-13-7-22-6-12(24-13)18(19,20)21)9-27-11(16(15)29-17)8-25-5-3-4-14(25)26/h6-7,10-11,15-16H,3-5,8-9H2,1-2H3,(H,23,24)/t10-,11+,15+,16-/m0/s1. The molecule has 0 aliphatic carbocycles. The minimum absolute atomic E-state index is 0.0198. The van der Waals surface area contributed by atoms with E-state index in [4.69, 9.17) is 14.2 Å². The molecule has 0 spiro atoms. The highest BCUT2D eigenvalue weighted by Crippen LogP contribution is 2.37. The van der Waals surface area contributed by atoms with Crippen LogP contribution in [0.25, 0.3) is 0 Å². The minimum atomic E-state index is -4.58. The molecule has 4 heterocycles. The van der Waals surface area contributed by atoms with Gasteiger partial charge in [0, 0.05) is 19.5 Å². The number of likely N-dealkylation sites (tertiary alicyclic amines) is 1. The zero-order valence-corrected chi connectivity index (χ0v) is 16.1. The fourth-order valence-corrected chi connectivity index (χ4v) is 3.99. The number of carbonyl (C=O) groups excluding carboxylic acids is 1. The first kappa shape index (κ1) is 20.3. The van der Waals surface area contributed by atoms with Crippen LogP contribution in [0.15, 0.2) is 12.4 Å². The Morgan fingerprint density at radius 1 is 1.28 bits per heavy atom. The van der Waals surface area contributed by atoms with Gasteiger partial charge in [0.15, 0.2) is 11.5 Å². The molecule has 0 aromatic carbocycles. The van der Waals surface area contributed by atoms with Crippen LogP contribution in [0.4, 0.5) is 19.0 Å². The minimum Gasteiger partial charge on any atom is -0.371 e. The number of nitrogens with one attached hydrogen (secondary N) is 1. The lowest BCUT2D eigenvalue weighted by Gasteiger charge is -2.38. The number of halogens is 3. The molecule has 3 fully saturated rings. The zero-order chi connectivity index (χ0) is 20.8. The summed E-state index contributed by atoms with van der Waals surface area (Å²) in [4.78, 5) is 20.9. The molecular weight excluding hydrogens is 393 g/mol. The highest BCUT2D eigenvalue weighted by molar-refractivity contribution is 5.78. The van der Waals surface area contributed by atoms with Gasteiger partial charge in [-0.3, -0.25) is 9.78 Å². The number of aromatic nitrogens is 2. The summed E-state index contributed by atoms with van der Waals surface area (Å²) in [6.45, 7) is 4.79. The van der Waals surface area contributed by atoms with E-state index >= 15 is 0 Å². The predicted molar refractivity (Wildman–Crippen MR) is 93.8 cm³/mol. The molecule has 3 aliphatic heterocycles. The first-order chi connectivity index (χ1) is 13.6. The Labute approximate surface area is 165 Å². The van der Waals surface area contributed by atoms with Gasteiger partial charge in [0.25, 0.3) is 0 Å². The summed E-state index contributed by atoms with van der Waals surface area (Å²) < 4.78 is 56.7. The summed E-state index contributed by atoms with van der Waals surface area (Å²) in [5, 5.41) is 2.94. The van der Waals surface area contributed by atoms with Crippen molar-refractivity contribution in [2.45, 2.75) is 63.0 Å². The average molecular weight is 416 g/mol. The predicted octanol–water partition coefficient (Wildman–Crippen LogP) is 1.82. The third kappa shape index (κ3) is 4.31. The van der Waals surface area contributed by atoms with Gasteiger partial charge in [-0.15, -0.1) is 0 Å². The molecule has 29 heavy (non-hydrogen) atoms. The molecule has 0 unspecified atom stereocenters. The molecule has 0 bridgehead atoms. The monoisotopic (exact) mass is 416 g/mol. The molecule has 11 heteroatoms. The molecule has 160 valence electrons. The second-order valence-electron chi connectivity index (χ2n) is 7.92. The van der Waals surface area contributed by atoms with E-state index in [-0.39, 0.29) is 24.4 Å². The van der Waals surface area contributed by atoms with Crippen molar-refractivity contribution in [2.75, 3.05) is 25.0 Å². The Balaban J connectivity index is 1.49. The van der Waals surface area contributed by atoms with Crippen LogP contribution in [0.5, 0.6) is 0 Å². The SMILES string of the molecule is CC1(C)O[C@@H]2[C@H](O1)[C@@H](Nc1cncc(C(F)(F)F)n1)CO[C@@H]2CN1CCCC1=O. The number of hydrogen-bond donors (Lipinski definition) is 1. The molecule has 3 saturated heterocycles. The highest BCUT2D eigenvalue weighted by Gasteiger charge is 2.52. The third-order valence-electron chi connectivity index (χ3n) is 5.25. The maximum absolute atomic E-state index is 12.9. The van der Waals surface area contributed by atoms with Crippen molar-refractivity contribution in [3.05, 3.63) is 18.1 Å². The molecule has 1 N–H and O–H groups in total. The number of anilines is 1. The number of nitrogens with zero attached hydrogens (tertiary/aromatic N) is 3. The Morgan fingerprint density at radius 2 is 2.03 bits per heavy atom. The zero-order valence-electron chi connectivity index (χ0n) is 16.1. The van der Waals surface area contributed by atoms with Crippen LogP contribution in [0.3, 0.4) is 0 Å². The smallest absolute Gasteiger partial charge is 0.371 e. The Kier molecular flexibility index (Phi) is 5.16. The fraction of sp³-hybridized carbons (Fsp3) is 0.722. The molecule has 1 amide bonds. The topological polar surface area (TPSA) is 85.8 Å². The first-order valence-corrected chi connectivity index (χ1v) is 9.53. The third-order valence-corrected chi connectivity index (χ3v) is 5.25. The van der Waals surface area contributed by atoms with Crippen molar-refractivity contribution >= 4 is 11.7 Å². The molecule has 4 rings (SSSR count). The van der Waals surface area contributed by atoms with Crippen molar-refractivity contribution in [1.29, 1.82) is 0 Å². The maximum Gasteiger partial charge on any atom is 0.434 e. The molecule has 1 aromatic heterocycles. The van der Waals surface area contributed by atoms with Crippen LogP contribution in [0.1, 0.15) is 32.4 Å². The van der Waals surface area contributed by atoms with Gasteiger partial charge in [0.2, 0.25) is 5.91 Å². The normalized spacial score (nSPS) is 31.8. The van der Waals surface area contributed by atoms with Crippen molar-refractivity contribution in [3.8, 4) is 0 Å². The number of fused-ring (bicyclic) bond motifs is 1. The van der Waals surface area contributed by atoms with Crippen LogP contribution in [0, 0.1) is 0 Å². The van der Waals surface area contributed by atoms with Gasteiger partial charge >= 0.3 is 6.18 Å². The largest absolute Gasteiger partial charge is 0.434 e. The molecule has 4 atom stereocenters. The number of carbonyl (C=O) groups is 1. The Bertz CT molecular complexity index is 776. The van der Waals surface area contributed by atoms with Crippen LogP contribution < -0.4 is 5.32 Å². The van der Waals surface area contributed by atoms with Crippen LogP contribution in [0.2, 0.25) is 0 Å². The summed E-state index contributed by atoms with van der Waals surface area (Å²) in [6, 6.07) is -0.481. The van der Waals surface area contributed by atoms with Gasteiger partial charge in [0.05, 0.1) is 25.0 Å². The van der Waals surface area contributed by atoms with E-state index in [1.165, 1.54) is 6.20 Å². The lowest BCUT2D eigenvalue weighted by molar-refractivity contribution is -0.156. The summed E-state index contributed by atoms with van der Waals surface area (Å²) in [5.74, 6) is -0.813. The summed E-state index contributed by atoms with van der Waals surface area (Å²) in [6.07, 6.45) is -2.66. The van der Waals surface area contributed by atoms with E-state index < -0.39 is 35.9 Å². The van der Waals surface area contributed by atoms with E-state index in [0.29, 0.717) is 25.7 Å². The van der Waals surface area contributed by atoms with Crippen molar-refractivity contribution in [3.63, 3.8) is 0 Å². The Morgan fingerprint density at radius 3 is 2.72 bits per heavy atom. The maximum atomic E-state index is 12.9. The van der Waals surface area contributed by atoms with Crippen LogP contribution >= 0.6 is 0 Å². The summed E-state index contributed by atoms with van der Waals surface area (Å²) >= 11 is 0. The number of amides is 1. The van der Waals surface area contributed by atoms with Gasteiger partial charge < -0.3 is 24.4 Å². The lowest BCUT2D eigenvalue weighted by atomic mass is 9.97. The average Bonchev–Trinajstić information content (AvgIpc) is 3.19. The van der Waals surface area contributed by atoms with E-state index in [9.17, 15) is 18.0 Å². The van der Waals surface area contributed by atoms with Crippen LogP contribution in [-0.4, -0.2) is 70.6 Å². The molecular formula is C18H23F3N4O4. The molecule has 1 aromatic rings. The molecule has 3 aliphatic rings. The van der Waals surface area contributed by atoms with Crippen molar-refractivity contribution in [1.82, 2.24) is 14.9 Å². The second kappa shape index (κ2) is 7.37. The molecule has 8 nitrogen and oxygen atoms in total.